The maximum absolute atomic E-state index is 14.1. The Morgan fingerprint density at radius 3 is 2.40 bits per heavy atom. The number of benzene rings is 3. The number of nitriles is 1. The molecular weight excluding hydrogens is 452 g/mol. The van der Waals surface area contributed by atoms with Gasteiger partial charge in [-0.2, -0.15) is 5.26 Å². The van der Waals surface area contributed by atoms with Crippen molar-refractivity contribution in [2.24, 2.45) is 0 Å². The lowest BCUT2D eigenvalue weighted by Crippen LogP contribution is -2.02. The molecular formula is C24H18BrF2NO2. The van der Waals surface area contributed by atoms with E-state index in [0.717, 1.165) is 0 Å². The van der Waals surface area contributed by atoms with Crippen molar-refractivity contribution in [3.05, 3.63) is 93.5 Å². The first-order valence-corrected chi connectivity index (χ1v) is 10.0. The van der Waals surface area contributed by atoms with Crippen molar-refractivity contribution in [3.8, 4) is 17.6 Å². The normalized spacial score (nSPS) is 11.1. The molecule has 0 N–H and O–H groups in total. The second-order valence-electron chi connectivity index (χ2n) is 6.29. The van der Waals surface area contributed by atoms with Gasteiger partial charge in [-0.1, -0.05) is 36.4 Å². The standard InChI is InChI=1S/C24H18BrF2NO2/c1-2-29-23-13-16(11-18(14-28)19-8-4-6-10-22(19)27)12-20(25)24(23)30-15-17-7-3-5-9-21(17)26/h3-13H,2,15H2,1H3. The number of hydrogen-bond acceptors (Lipinski definition) is 3. The molecule has 0 radical (unpaired) electrons. The van der Waals surface area contributed by atoms with E-state index in [0.29, 0.717) is 33.7 Å². The van der Waals surface area contributed by atoms with Crippen LogP contribution in [-0.4, -0.2) is 6.61 Å². The lowest BCUT2D eigenvalue weighted by atomic mass is 10.0. The van der Waals surface area contributed by atoms with Crippen molar-refractivity contribution < 1.29 is 18.3 Å². The Morgan fingerprint density at radius 2 is 1.73 bits per heavy atom. The van der Waals surface area contributed by atoms with Crippen molar-refractivity contribution in [1.29, 1.82) is 5.26 Å². The largest absolute Gasteiger partial charge is 0.490 e. The molecule has 0 fully saturated rings. The minimum absolute atomic E-state index is 0.0270. The molecule has 6 heteroatoms. The van der Waals surface area contributed by atoms with Gasteiger partial charge in [0.25, 0.3) is 0 Å². The molecule has 30 heavy (non-hydrogen) atoms. The fourth-order valence-corrected chi connectivity index (χ4v) is 3.43. The first-order chi connectivity index (χ1) is 14.5. The maximum atomic E-state index is 14.1. The predicted molar refractivity (Wildman–Crippen MR) is 116 cm³/mol. The summed E-state index contributed by atoms with van der Waals surface area (Å²) in [6.45, 7) is 2.24. The van der Waals surface area contributed by atoms with Crippen LogP contribution < -0.4 is 9.47 Å². The Bertz CT molecular complexity index is 1120. The highest BCUT2D eigenvalue weighted by atomic mass is 79.9. The van der Waals surface area contributed by atoms with Crippen LogP contribution in [0.25, 0.3) is 11.6 Å². The van der Waals surface area contributed by atoms with Gasteiger partial charge >= 0.3 is 0 Å². The summed E-state index contributed by atoms with van der Waals surface area (Å²) < 4.78 is 40.1. The zero-order valence-corrected chi connectivity index (χ0v) is 17.7. The molecule has 0 spiro atoms. The highest BCUT2D eigenvalue weighted by Crippen LogP contribution is 2.38. The van der Waals surface area contributed by atoms with E-state index in [1.807, 2.05) is 13.0 Å². The summed E-state index contributed by atoms with van der Waals surface area (Å²) in [6.07, 6.45) is 1.58. The van der Waals surface area contributed by atoms with Crippen molar-refractivity contribution in [1.82, 2.24) is 0 Å². The van der Waals surface area contributed by atoms with Crippen LogP contribution in [0.4, 0.5) is 8.78 Å². The van der Waals surface area contributed by atoms with E-state index in [9.17, 15) is 14.0 Å². The number of rotatable bonds is 7. The molecule has 3 aromatic carbocycles. The van der Waals surface area contributed by atoms with Gasteiger partial charge in [-0.25, -0.2) is 8.78 Å². The number of hydrogen-bond donors (Lipinski definition) is 0. The van der Waals surface area contributed by atoms with Crippen LogP contribution in [0.2, 0.25) is 0 Å². The molecule has 0 aliphatic rings. The second-order valence-corrected chi connectivity index (χ2v) is 7.15. The van der Waals surface area contributed by atoms with Gasteiger partial charge in [-0.3, -0.25) is 0 Å². The Balaban J connectivity index is 1.95. The first kappa shape index (κ1) is 21.5. The number of nitrogens with zero attached hydrogens (tertiary/aromatic N) is 1. The summed E-state index contributed by atoms with van der Waals surface area (Å²) in [5, 5.41) is 9.51. The average molecular weight is 470 g/mol. The van der Waals surface area contributed by atoms with Crippen LogP contribution in [0, 0.1) is 23.0 Å². The Kier molecular flexibility index (Phi) is 7.21. The number of halogens is 3. The molecule has 0 saturated carbocycles. The highest BCUT2D eigenvalue weighted by molar-refractivity contribution is 9.10. The van der Waals surface area contributed by atoms with Gasteiger partial charge in [0.15, 0.2) is 11.5 Å². The van der Waals surface area contributed by atoms with Gasteiger partial charge in [0.05, 0.1) is 22.7 Å². The maximum Gasteiger partial charge on any atom is 0.175 e. The topological polar surface area (TPSA) is 42.2 Å². The van der Waals surface area contributed by atoms with E-state index in [1.165, 1.54) is 12.1 Å². The number of ether oxygens (including phenoxy) is 2. The molecule has 0 atom stereocenters. The zero-order valence-electron chi connectivity index (χ0n) is 16.2. The van der Waals surface area contributed by atoms with Crippen molar-refractivity contribution in [2.75, 3.05) is 6.61 Å². The first-order valence-electron chi connectivity index (χ1n) is 9.22. The Morgan fingerprint density at radius 1 is 1.03 bits per heavy atom. The van der Waals surface area contributed by atoms with Crippen LogP contribution in [0.5, 0.6) is 11.5 Å². The molecule has 0 unspecified atom stereocenters. The summed E-state index contributed by atoms with van der Waals surface area (Å²) in [7, 11) is 0. The molecule has 0 aliphatic heterocycles. The molecule has 0 bridgehead atoms. The monoisotopic (exact) mass is 469 g/mol. The SMILES string of the molecule is CCOc1cc(C=C(C#N)c2ccccc2F)cc(Br)c1OCc1ccccc1F. The summed E-state index contributed by atoms with van der Waals surface area (Å²) in [5.74, 6) is 0.0239. The van der Waals surface area contributed by atoms with E-state index in [4.69, 9.17) is 9.47 Å². The third-order valence-electron chi connectivity index (χ3n) is 4.26. The number of allylic oxidation sites excluding steroid dienone is 1. The van der Waals surface area contributed by atoms with Crippen LogP contribution >= 0.6 is 15.9 Å². The molecule has 3 nitrogen and oxygen atoms in total. The van der Waals surface area contributed by atoms with E-state index in [-0.39, 0.29) is 23.6 Å². The van der Waals surface area contributed by atoms with Crippen LogP contribution in [0.3, 0.4) is 0 Å². The fourth-order valence-electron chi connectivity index (χ4n) is 2.86. The summed E-state index contributed by atoms with van der Waals surface area (Å²) in [5.41, 5.74) is 1.45. The van der Waals surface area contributed by atoms with E-state index in [2.05, 4.69) is 15.9 Å². The van der Waals surface area contributed by atoms with E-state index >= 15 is 0 Å². The minimum Gasteiger partial charge on any atom is -0.490 e. The van der Waals surface area contributed by atoms with Gasteiger partial charge in [0, 0.05) is 11.1 Å². The summed E-state index contributed by atoms with van der Waals surface area (Å²) in [6, 6.07) is 17.9. The quantitative estimate of drug-likeness (QED) is 0.283. The van der Waals surface area contributed by atoms with Crippen LogP contribution in [-0.2, 0) is 6.61 Å². The molecule has 0 heterocycles. The fraction of sp³-hybridized carbons (Fsp3) is 0.125. The molecule has 0 aliphatic carbocycles. The average Bonchev–Trinajstić information content (AvgIpc) is 2.73. The molecule has 0 aromatic heterocycles. The van der Waals surface area contributed by atoms with Gasteiger partial charge in [-0.15, -0.1) is 0 Å². The molecule has 0 amide bonds. The van der Waals surface area contributed by atoms with Gasteiger partial charge < -0.3 is 9.47 Å². The third-order valence-corrected chi connectivity index (χ3v) is 4.85. The Hall–Kier alpha value is -3.17. The second kappa shape index (κ2) is 10.0. The minimum atomic E-state index is -0.473. The smallest absolute Gasteiger partial charge is 0.175 e. The van der Waals surface area contributed by atoms with Crippen molar-refractivity contribution >= 4 is 27.6 Å². The molecule has 3 aromatic rings. The lowest BCUT2D eigenvalue weighted by Gasteiger charge is -2.15. The highest BCUT2D eigenvalue weighted by Gasteiger charge is 2.14. The van der Waals surface area contributed by atoms with E-state index in [1.54, 1.807) is 54.6 Å². The van der Waals surface area contributed by atoms with Crippen molar-refractivity contribution in [3.63, 3.8) is 0 Å². The van der Waals surface area contributed by atoms with Gasteiger partial charge in [0.1, 0.15) is 18.2 Å². The van der Waals surface area contributed by atoms with Gasteiger partial charge in [-0.05, 0) is 58.8 Å². The molecule has 3 rings (SSSR count). The summed E-state index contributed by atoms with van der Waals surface area (Å²) >= 11 is 3.46. The van der Waals surface area contributed by atoms with E-state index < -0.39 is 5.82 Å². The lowest BCUT2D eigenvalue weighted by molar-refractivity contribution is 0.264. The Labute approximate surface area is 182 Å². The predicted octanol–water partition coefficient (Wildman–Crippen LogP) is 6.77. The molecule has 152 valence electrons. The molecule has 0 saturated heterocycles. The van der Waals surface area contributed by atoms with Crippen LogP contribution in [0.15, 0.2) is 65.1 Å². The zero-order chi connectivity index (χ0) is 21.5. The summed E-state index contributed by atoms with van der Waals surface area (Å²) in [4.78, 5) is 0. The van der Waals surface area contributed by atoms with Gasteiger partial charge in [0.2, 0.25) is 0 Å². The van der Waals surface area contributed by atoms with Crippen LogP contribution in [0.1, 0.15) is 23.6 Å². The van der Waals surface area contributed by atoms with Crippen molar-refractivity contribution in [2.45, 2.75) is 13.5 Å². The third kappa shape index (κ3) is 5.05.